The number of carbonyl (C=O) groups excluding carboxylic acids is 2. The summed E-state index contributed by atoms with van der Waals surface area (Å²) in [4.78, 5) is 25.7. The van der Waals surface area contributed by atoms with Crippen LogP contribution in [0.3, 0.4) is 0 Å². The number of carbonyl (C=O) groups is 2. The van der Waals surface area contributed by atoms with Crippen molar-refractivity contribution in [3.05, 3.63) is 29.8 Å². The van der Waals surface area contributed by atoms with Crippen LogP contribution in [0.25, 0.3) is 0 Å². The third-order valence-electron chi connectivity index (χ3n) is 5.19. The highest BCUT2D eigenvalue weighted by atomic mass is 32.2. The predicted molar refractivity (Wildman–Crippen MR) is 121 cm³/mol. The SMILES string of the molecule is COc1ccc(CNC(=O)[C@H](C(=O)OC(C)(C)C)C(N)S(=O)(=O)NC2CCCCC2)cc1. The lowest BCUT2D eigenvalue weighted by molar-refractivity contribution is -0.162. The topological polar surface area (TPSA) is 137 Å². The number of sulfonamides is 1. The zero-order chi connectivity index (χ0) is 23.9. The summed E-state index contributed by atoms with van der Waals surface area (Å²) in [5.41, 5.74) is 5.85. The molecule has 1 aliphatic carbocycles. The third kappa shape index (κ3) is 7.75. The highest BCUT2D eigenvalue weighted by Gasteiger charge is 2.43. The van der Waals surface area contributed by atoms with Crippen LogP contribution in [0.5, 0.6) is 5.75 Å². The lowest BCUT2D eigenvalue weighted by atomic mass is 9.96. The minimum atomic E-state index is -4.15. The van der Waals surface area contributed by atoms with Gasteiger partial charge in [-0.05, 0) is 51.3 Å². The molecular weight excluding hydrogens is 434 g/mol. The molecule has 2 atom stereocenters. The van der Waals surface area contributed by atoms with Gasteiger partial charge in [0.2, 0.25) is 15.9 Å². The Bertz CT molecular complexity index is 874. The van der Waals surface area contributed by atoms with Crippen molar-refractivity contribution in [2.24, 2.45) is 11.7 Å². The number of amides is 1. The van der Waals surface area contributed by atoms with E-state index in [0.717, 1.165) is 24.8 Å². The highest BCUT2D eigenvalue weighted by molar-refractivity contribution is 7.90. The summed E-state index contributed by atoms with van der Waals surface area (Å²) in [5, 5.41) is 0.825. The molecule has 9 nitrogen and oxygen atoms in total. The molecule has 1 amide bonds. The Morgan fingerprint density at radius 3 is 2.25 bits per heavy atom. The second-order valence-corrected chi connectivity index (χ2v) is 10.9. The Kier molecular flexibility index (Phi) is 9.06. The molecule has 1 aromatic rings. The van der Waals surface area contributed by atoms with Crippen LogP contribution in [0.2, 0.25) is 0 Å². The van der Waals surface area contributed by atoms with Crippen LogP contribution in [-0.2, 0) is 30.9 Å². The number of hydrogen-bond acceptors (Lipinski definition) is 7. The fraction of sp³-hybridized carbons (Fsp3) is 0.636. The first-order chi connectivity index (χ1) is 14.9. The van der Waals surface area contributed by atoms with Crippen LogP contribution in [0.15, 0.2) is 24.3 Å². The van der Waals surface area contributed by atoms with Crippen LogP contribution < -0.4 is 20.5 Å². The van der Waals surface area contributed by atoms with Gasteiger partial charge in [0.25, 0.3) is 0 Å². The number of nitrogens with two attached hydrogens (primary N) is 1. The molecule has 4 N–H and O–H groups in total. The van der Waals surface area contributed by atoms with E-state index >= 15 is 0 Å². The summed E-state index contributed by atoms with van der Waals surface area (Å²) >= 11 is 0. The summed E-state index contributed by atoms with van der Waals surface area (Å²) in [7, 11) is -2.60. The Labute approximate surface area is 190 Å². The molecule has 1 unspecified atom stereocenters. The fourth-order valence-electron chi connectivity index (χ4n) is 3.51. The molecule has 10 heteroatoms. The van der Waals surface area contributed by atoms with Crippen molar-refractivity contribution in [1.29, 1.82) is 0 Å². The maximum atomic E-state index is 12.9. The van der Waals surface area contributed by atoms with Crippen LogP contribution in [0.4, 0.5) is 0 Å². The van der Waals surface area contributed by atoms with E-state index in [0.29, 0.717) is 18.6 Å². The van der Waals surface area contributed by atoms with Crippen molar-refractivity contribution in [2.45, 2.75) is 76.4 Å². The van der Waals surface area contributed by atoms with Gasteiger partial charge < -0.3 is 20.5 Å². The van der Waals surface area contributed by atoms with Crippen molar-refractivity contribution in [2.75, 3.05) is 7.11 Å². The standard InChI is InChI=1S/C22H35N3O6S/c1-22(2,3)31-21(27)18(19(23)32(28,29)25-16-8-6-5-7-9-16)20(26)24-14-15-10-12-17(30-4)13-11-15/h10-13,16,18-19,25H,5-9,14,23H2,1-4H3,(H,24,26)/t18-,19?/m1/s1. The first-order valence-electron chi connectivity index (χ1n) is 10.8. The van der Waals surface area contributed by atoms with Gasteiger partial charge in [-0.25, -0.2) is 13.1 Å². The van der Waals surface area contributed by atoms with E-state index in [1.807, 2.05) is 0 Å². The largest absolute Gasteiger partial charge is 0.497 e. The van der Waals surface area contributed by atoms with E-state index in [-0.39, 0.29) is 12.6 Å². The van der Waals surface area contributed by atoms with Crippen LogP contribution in [0.1, 0.15) is 58.4 Å². The van der Waals surface area contributed by atoms with Crippen LogP contribution in [-0.4, -0.2) is 44.4 Å². The van der Waals surface area contributed by atoms with Crippen molar-refractivity contribution in [3.63, 3.8) is 0 Å². The molecule has 0 spiro atoms. The van der Waals surface area contributed by atoms with Crippen molar-refractivity contribution in [3.8, 4) is 5.75 Å². The molecule has 0 aromatic heterocycles. The molecule has 32 heavy (non-hydrogen) atoms. The van der Waals surface area contributed by atoms with E-state index in [4.69, 9.17) is 15.2 Å². The number of ether oxygens (including phenoxy) is 2. The molecule has 1 saturated carbocycles. The van der Waals surface area contributed by atoms with Gasteiger partial charge in [0.15, 0.2) is 5.92 Å². The van der Waals surface area contributed by atoms with E-state index in [1.54, 1.807) is 52.1 Å². The van der Waals surface area contributed by atoms with Gasteiger partial charge in [-0.1, -0.05) is 31.4 Å². The minimum absolute atomic E-state index is 0.0882. The quantitative estimate of drug-likeness (QED) is 0.370. The van der Waals surface area contributed by atoms with Gasteiger partial charge in [0.1, 0.15) is 16.7 Å². The van der Waals surface area contributed by atoms with Crippen LogP contribution >= 0.6 is 0 Å². The Morgan fingerprint density at radius 1 is 1.12 bits per heavy atom. The molecule has 0 bridgehead atoms. The number of benzene rings is 1. The average molecular weight is 470 g/mol. The third-order valence-corrected chi connectivity index (χ3v) is 6.84. The summed E-state index contributed by atoms with van der Waals surface area (Å²) in [6.07, 6.45) is 4.29. The molecule has 180 valence electrons. The number of methoxy groups -OCH3 is 1. The first-order valence-corrected chi connectivity index (χ1v) is 12.4. The van der Waals surface area contributed by atoms with E-state index < -0.39 is 38.8 Å². The van der Waals surface area contributed by atoms with Gasteiger partial charge in [-0.15, -0.1) is 0 Å². The Balaban J connectivity index is 2.17. The maximum Gasteiger partial charge on any atom is 0.321 e. The molecule has 0 saturated heterocycles. The van der Waals surface area contributed by atoms with Crippen molar-refractivity contribution < 1.29 is 27.5 Å². The zero-order valence-electron chi connectivity index (χ0n) is 19.2. The van der Waals surface area contributed by atoms with Crippen molar-refractivity contribution in [1.82, 2.24) is 10.0 Å². The number of nitrogens with one attached hydrogen (secondary N) is 2. The zero-order valence-corrected chi connectivity index (χ0v) is 20.0. The predicted octanol–water partition coefficient (Wildman–Crippen LogP) is 1.81. The summed E-state index contributed by atoms with van der Waals surface area (Å²) in [5.74, 6) is -2.84. The second kappa shape index (κ2) is 11.1. The monoisotopic (exact) mass is 469 g/mol. The first kappa shape index (κ1) is 26.1. The molecule has 2 rings (SSSR count). The van der Waals surface area contributed by atoms with Gasteiger partial charge in [-0.2, -0.15) is 0 Å². The van der Waals surface area contributed by atoms with Gasteiger partial charge in [-0.3, -0.25) is 9.59 Å². The molecule has 1 aromatic carbocycles. The number of hydrogen-bond donors (Lipinski definition) is 3. The van der Waals surface area contributed by atoms with Crippen molar-refractivity contribution >= 4 is 21.9 Å². The van der Waals surface area contributed by atoms with E-state index in [9.17, 15) is 18.0 Å². The van der Waals surface area contributed by atoms with E-state index in [1.165, 1.54) is 0 Å². The summed E-state index contributed by atoms with van der Waals surface area (Å²) in [6.45, 7) is 5.00. The normalized spacial score (nSPS) is 17.3. The Hall–Kier alpha value is -2.17. The smallest absolute Gasteiger partial charge is 0.321 e. The molecule has 0 aliphatic heterocycles. The molecule has 0 radical (unpaired) electrons. The molecule has 0 heterocycles. The molecular formula is C22H35N3O6S. The number of rotatable bonds is 9. The second-order valence-electron chi connectivity index (χ2n) is 9.04. The minimum Gasteiger partial charge on any atom is -0.497 e. The van der Waals surface area contributed by atoms with Crippen LogP contribution in [0, 0.1) is 5.92 Å². The molecule has 1 aliphatic rings. The summed E-state index contributed by atoms with van der Waals surface area (Å²) in [6, 6.07) is 6.72. The number of esters is 1. The highest BCUT2D eigenvalue weighted by Crippen LogP contribution is 2.21. The fourth-order valence-corrected chi connectivity index (χ4v) is 4.96. The lowest BCUT2D eigenvalue weighted by Crippen LogP contribution is -2.55. The van der Waals surface area contributed by atoms with Gasteiger partial charge in [0.05, 0.1) is 7.11 Å². The maximum absolute atomic E-state index is 12.9. The van der Waals surface area contributed by atoms with E-state index in [2.05, 4.69) is 10.0 Å². The summed E-state index contributed by atoms with van der Waals surface area (Å²) < 4.78 is 38.8. The average Bonchev–Trinajstić information content (AvgIpc) is 2.71. The van der Waals surface area contributed by atoms with Gasteiger partial charge in [0, 0.05) is 12.6 Å². The molecule has 1 fully saturated rings. The Morgan fingerprint density at radius 2 is 1.72 bits per heavy atom. The van der Waals surface area contributed by atoms with Gasteiger partial charge >= 0.3 is 5.97 Å². The lowest BCUT2D eigenvalue weighted by Gasteiger charge is -2.29.